The molecule has 0 amide bonds. The average Bonchev–Trinajstić information content (AvgIpc) is 2.55. The van der Waals surface area contributed by atoms with Gasteiger partial charge in [0, 0.05) is 37.6 Å². The summed E-state index contributed by atoms with van der Waals surface area (Å²) in [5.74, 6) is 0. The van der Waals surface area contributed by atoms with Gasteiger partial charge < -0.3 is 15.6 Å². The maximum Gasteiger partial charge on any atom is 0.0701 e. The highest BCUT2D eigenvalue weighted by Crippen LogP contribution is 2.28. The lowest BCUT2D eigenvalue weighted by Gasteiger charge is -2.40. The van der Waals surface area contributed by atoms with E-state index in [0.717, 1.165) is 32.4 Å². The molecule has 2 atom stereocenters. The second-order valence-corrected chi connectivity index (χ2v) is 5.63. The van der Waals surface area contributed by atoms with E-state index in [1.54, 1.807) is 0 Å². The molecule has 1 aliphatic heterocycles. The molecule has 2 rings (SSSR count). The normalized spacial score (nSPS) is 20.3. The van der Waals surface area contributed by atoms with Crippen LogP contribution in [0.4, 0.5) is 0 Å². The van der Waals surface area contributed by atoms with Crippen LogP contribution >= 0.6 is 0 Å². The van der Waals surface area contributed by atoms with Gasteiger partial charge in [0.2, 0.25) is 0 Å². The maximum atomic E-state index is 8.83. The molecule has 21 heavy (non-hydrogen) atoms. The molecule has 1 aromatic heterocycles. The predicted octanol–water partition coefficient (Wildman–Crippen LogP) is 1.33. The van der Waals surface area contributed by atoms with Gasteiger partial charge in [-0.3, -0.25) is 9.88 Å². The molecule has 1 aliphatic rings. The molecule has 0 saturated carbocycles. The Bertz CT molecular complexity index is 394. The molecule has 0 aliphatic carbocycles. The number of pyridine rings is 1. The lowest BCUT2D eigenvalue weighted by molar-refractivity contribution is -0.0178. The lowest BCUT2D eigenvalue weighted by Crippen LogP contribution is -2.46. The van der Waals surface area contributed by atoms with Crippen molar-refractivity contribution in [1.82, 2.24) is 9.88 Å². The monoisotopic (exact) mass is 293 g/mol. The zero-order chi connectivity index (χ0) is 15.1. The second-order valence-electron chi connectivity index (χ2n) is 5.63. The Hall–Kier alpha value is -1.01. The summed E-state index contributed by atoms with van der Waals surface area (Å²) >= 11 is 0. The van der Waals surface area contributed by atoms with E-state index in [0.29, 0.717) is 6.61 Å². The molecular weight excluding hydrogens is 266 g/mol. The van der Waals surface area contributed by atoms with Gasteiger partial charge in [-0.05, 0) is 37.0 Å². The van der Waals surface area contributed by atoms with E-state index in [1.165, 1.54) is 5.56 Å². The molecule has 0 spiro atoms. The van der Waals surface area contributed by atoms with Gasteiger partial charge in [0.05, 0.1) is 19.3 Å². The van der Waals surface area contributed by atoms with Gasteiger partial charge in [0.1, 0.15) is 0 Å². The number of hydrogen-bond acceptors (Lipinski definition) is 5. The summed E-state index contributed by atoms with van der Waals surface area (Å²) in [7, 11) is 0. The number of nitrogens with zero attached hydrogens (tertiary/aromatic N) is 2. The SMILES string of the molecule is CCC(N)C(c1ccncc1)N1CCC(OCCO)CC1. The fourth-order valence-electron chi connectivity index (χ4n) is 3.05. The van der Waals surface area contributed by atoms with Crippen molar-refractivity contribution in [2.45, 2.75) is 44.4 Å². The quantitative estimate of drug-likeness (QED) is 0.793. The number of aliphatic hydroxyl groups excluding tert-OH is 1. The van der Waals surface area contributed by atoms with Crippen molar-refractivity contribution in [3.63, 3.8) is 0 Å². The molecular formula is C16H27N3O2. The Morgan fingerprint density at radius 3 is 2.62 bits per heavy atom. The van der Waals surface area contributed by atoms with Crippen molar-refractivity contribution < 1.29 is 9.84 Å². The van der Waals surface area contributed by atoms with E-state index in [-0.39, 0.29) is 24.8 Å². The van der Waals surface area contributed by atoms with Gasteiger partial charge in [-0.15, -0.1) is 0 Å². The maximum absolute atomic E-state index is 8.83. The average molecular weight is 293 g/mol. The van der Waals surface area contributed by atoms with Gasteiger partial charge >= 0.3 is 0 Å². The number of likely N-dealkylation sites (tertiary alicyclic amines) is 1. The van der Waals surface area contributed by atoms with Crippen molar-refractivity contribution >= 4 is 0 Å². The summed E-state index contributed by atoms with van der Waals surface area (Å²) in [6.45, 7) is 4.64. The third-order valence-corrected chi connectivity index (χ3v) is 4.24. The largest absolute Gasteiger partial charge is 0.394 e. The molecule has 118 valence electrons. The van der Waals surface area contributed by atoms with E-state index in [1.807, 2.05) is 12.4 Å². The number of aliphatic hydroxyl groups is 1. The van der Waals surface area contributed by atoms with Crippen LogP contribution in [0.15, 0.2) is 24.5 Å². The first-order chi connectivity index (χ1) is 10.3. The van der Waals surface area contributed by atoms with Gasteiger partial charge in [-0.1, -0.05) is 6.92 Å². The highest BCUT2D eigenvalue weighted by Gasteiger charge is 2.29. The second kappa shape index (κ2) is 8.44. The molecule has 2 heterocycles. The molecule has 3 N–H and O–H groups in total. The van der Waals surface area contributed by atoms with Gasteiger partial charge in [0.15, 0.2) is 0 Å². The first-order valence-corrected chi connectivity index (χ1v) is 7.88. The van der Waals surface area contributed by atoms with Gasteiger partial charge in [-0.25, -0.2) is 0 Å². The van der Waals surface area contributed by atoms with Crippen molar-refractivity contribution in [2.75, 3.05) is 26.3 Å². The Balaban J connectivity index is 1.99. The minimum Gasteiger partial charge on any atom is -0.394 e. The Morgan fingerprint density at radius 2 is 2.05 bits per heavy atom. The zero-order valence-corrected chi connectivity index (χ0v) is 12.8. The third kappa shape index (κ3) is 4.48. The number of rotatable bonds is 7. The van der Waals surface area contributed by atoms with E-state index in [4.69, 9.17) is 15.6 Å². The minimum atomic E-state index is 0.0978. The highest BCUT2D eigenvalue weighted by atomic mass is 16.5. The van der Waals surface area contributed by atoms with Crippen LogP contribution in [-0.4, -0.2) is 53.4 Å². The Kier molecular flexibility index (Phi) is 6.57. The number of piperidine rings is 1. The number of hydrogen-bond donors (Lipinski definition) is 2. The van der Waals surface area contributed by atoms with Crippen molar-refractivity contribution in [3.8, 4) is 0 Å². The smallest absolute Gasteiger partial charge is 0.0701 e. The Morgan fingerprint density at radius 1 is 1.38 bits per heavy atom. The summed E-state index contributed by atoms with van der Waals surface area (Å²) in [6.07, 6.45) is 6.89. The highest BCUT2D eigenvalue weighted by molar-refractivity contribution is 5.17. The van der Waals surface area contributed by atoms with Crippen molar-refractivity contribution in [3.05, 3.63) is 30.1 Å². The van der Waals surface area contributed by atoms with E-state index < -0.39 is 0 Å². The fraction of sp³-hybridized carbons (Fsp3) is 0.688. The molecule has 0 bridgehead atoms. The number of nitrogens with two attached hydrogens (primary N) is 1. The topological polar surface area (TPSA) is 71.6 Å². The van der Waals surface area contributed by atoms with E-state index in [2.05, 4.69) is 28.9 Å². The summed E-state index contributed by atoms with van der Waals surface area (Å²) in [5.41, 5.74) is 7.61. The van der Waals surface area contributed by atoms with Crippen LogP contribution in [0.25, 0.3) is 0 Å². The van der Waals surface area contributed by atoms with Crippen LogP contribution in [0.5, 0.6) is 0 Å². The number of aromatic nitrogens is 1. The van der Waals surface area contributed by atoms with Gasteiger partial charge in [0.25, 0.3) is 0 Å². The van der Waals surface area contributed by atoms with Crippen molar-refractivity contribution in [2.24, 2.45) is 5.73 Å². The van der Waals surface area contributed by atoms with Crippen LogP contribution in [0, 0.1) is 0 Å². The predicted molar refractivity (Wildman–Crippen MR) is 82.9 cm³/mol. The van der Waals surface area contributed by atoms with Gasteiger partial charge in [-0.2, -0.15) is 0 Å². The molecule has 1 fully saturated rings. The van der Waals surface area contributed by atoms with Crippen LogP contribution in [0.3, 0.4) is 0 Å². The summed E-state index contributed by atoms with van der Waals surface area (Å²) in [5, 5.41) is 8.83. The third-order valence-electron chi connectivity index (χ3n) is 4.24. The molecule has 5 heteroatoms. The first-order valence-electron chi connectivity index (χ1n) is 7.88. The summed E-state index contributed by atoms with van der Waals surface area (Å²) in [4.78, 5) is 6.56. The molecule has 5 nitrogen and oxygen atoms in total. The molecule has 0 radical (unpaired) electrons. The molecule has 1 aromatic rings. The minimum absolute atomic E-state index is 0.0978. The van der Waals surface area contributed by atoms with E-state index >= 15 is 0 Å². The fourth-order valence-corrected chi connectivity index (χ4v) is 3.05. The van der Waals surface area contributed by atoms with E-state index in [9.17, 15) is 0 Å². The van der Waals surface area contributed by atoms with Crippen LogP contribution in [-0.2, 0) is 4.74 Å². The molecule has 1 saturated heterocycles. The molecule has 2 unspecified atom stereocenters. The standard InChI is InChI=1S/C16H27N3O2/c1-2-15(17)16(13-3-7-18-8-4-13)19-9-5-14(6-10-19)21-12-11-20/h3-4,7-8,14-16,20H,2,5-6,9-12,17H2,1H3. The number of ether oxygens (including phenoxy) is 1. The van der Waals surface area contributed by atoms with Crippen LogP contribution < -0.4 is 5.73 Å². The van der Waals surface area contributed by atoms with Crippen molar-refractivity contribution in [1.29, 1.82) is 0 Å². The zero-order valence-electron chi connectivity index (χ0n) is 12.8. The Labute approximate surface area is 127 Å². The van der Waals surface area contributed by atoms with Crippen LogP contribution in [0.1, 0.15) is 37.8 Å². The summed E-state index contributed by atoms with van der Waals surface area (Å²) in [6, 6.07) is 4.50. The van der Waals surface area contributed by atoms with Crippen LogP contribution in [0.2, 0.25) is 0 Å². The molecule has 0 aromatic carbocycles. The lowest BCUT2D eigenvalue weighted by atomic mass is 9.94. The summed E-state index contributed by atoms with van der Waals surface area (Å²) < 4.78 is 5.63. The first kappa shape index (κ1) is 16.4.